The third-order valence-corrected chi connectivity index (χ3v) is 5.48. The van der Waals surface area contributed by atoms with E-state index in [2.05, 4.69) is 4.72 Å². The smallest absolute Gasteiger partial charge is 0.271 e. The van der Waals surface area contributed by atoms with Gasteiger partial charge in [0.15, 0.2) is 0 Å². The molecule has 0 spiro atoms. The molecule has 0 aliphatic heterocycles. The van der Waals surface area contributed by atoms with Gasteiger partial charge in [0.25, 0.3) is 15.7 Å². The van der Waals surface area contributed by atoms with E-state index < -0.39 is 14.9 Å². The lowest BCUT2D eigenvalue weighted by Gasteiger charge is -2.08. The van der Waals surface area contributed by atoms with Crippen LogP contribution < -0.4 is 4.72 Å². The summed E-state index contributed by atoms with van der Waals surface area (Å²) in [6, 6.07) is 8.50. The molecule has 108 valence electrons. The Labute approximate surface area is 124 Å². The van der Waals surface area contributed by atoms with Crippen LogP contribution in [0.4, 0.5) is 11.4 Å². The molecule has 1 heterocycles. The number of nitriles is 1. The first-order valence-electron chi connectivity index (χ1n) is 5.61. The molecule has 0 amide bonds. The number of benzene rings is 1. The number of nitrogens with zero attached hydrogens (tertiary/aromatic N) is 2. The second-order valence-electron chi connectivity index (χ2n) is 4.09. The van der Waals surface area contributed by atoms with Crippen LogP contribution in [0.1, 0.15) is 10.4 Å². The fourth-order valence-corrected chi connectivity index (χ4v) is 3.78. The van der Waals surface area contributed by atoms with Gasteiger partial charge in [0.2, 0.25) is 0 Å². The Bertz CT molecular complexity index is 850. The molecule has 1 aromatic carbocycles. The topological polar surface area (TPSA) is 113 Å². The predicted octanol–water partition coefficient (Wildman–Crippen LogP) is 2.64. The van der Waals surface area contributed by atoms with Gasteiger partial charge in [0, 0.05) is 12.1 Å². The summed E-state index contributed by atoms with van der Waals surface area (Å²) in [6.07, 6.45) is 0. The van der Waals surface area contributed by atoms with Crippen LogP contribution in [0.2, 0.25) is 0 Å². The van der Waals surface area contributed by atoms with Crippen molar-refractivity contribution in [3.8, 4) is 6.07 Å². The Morgan fingerprint density at radius 3 is 2.62 bits per heavy atom. The van der Waals surface area contributed by atoms with Crippen molar-refractivity contribution >= 4 is 32.7 Å². The van der Waals surface area contributed by atoms with Gasteiger partial charge in [-0.3, -0.25) is 14.8 Å². The number of hydrogen-bond donors (Lipinski definition) is 1. The quantitative estimate of drug-likeness (QED) is 0.686. The molecule has 0 aliphatic rings. The minimum absolute atomic E-state index is 0.0232. The molecule has 2 aromatic rings. The van der Waals surface area contributed by atoms with Gasteiger partial charge < -0.3 is 0 Å². The number of nitrogens with one attached hydrogen (secondary N) is 1. The van der Waals surface area contributed by atoms with Crippen molar-refractivity contribution in [3.05, 3.63) is 50.9 Å². The van der Waals surface area contributed by atoms with Gasteiger partial charge in [0.05, 0.1) is 10.6 Å². The van der Waals surface area contributed by atoms with Crippen molar-refractivity contribution in [1.82, 2.24) is 0 Å². The fourth-order valence-electron chi connectivity index (χ4n) is 1.55. The Morgan fingerprint density at radius 1 is 1.33 bits per heavy atom. The lowest BCUT2D eigenvalue weighted by molar-refractivity contribution is -0.384. The summed E-state index contributed by atoms with van der Waals surface area (Å²) in [5.74, 6) is 0. The summed E-state index contributed by atoms with van der Waals surface area (Å²) in [4.78, 5) is 10.4. The summed E-state index contributed by atoms with van der Waals surface area (Å²) in [6.45, 7) is 1.64. The average Bonchev–Trinajstić information content (AvgIpc) is 2.90. The standard InChI is InChI=1S/C12H9N3O4S2/c1-8-2-3-9(15(16)17)6-11(8)14-21(18,19)12-5-4-10(7-13)20-12/h2-6,14H,1H3. The predicted molar refractivity (Wildman–Crippen MR) is 77.7 cm³/mol. The SMILES string of the molecule is Cc1ccc([N+](=O)[O-])cc1NS(=O)(=O)c1ccc(C#N)s1. The van der Waals surface area contributed by atoms with E-state index in [4.69, 9.17) is 5.26 Å². The van der Waals surface area contributed by atoms with E-state index in [9.17, 15) is 18.5 Å². The van der Waals surface area contributed by atoms with Crippen molar-refractivity contribution in [2.45, 2.75) is 11.1 Å². The van der Waals surface area contributed by atoms with Gasteiger partial charge >= 0.3 is 0 Å². The number of anilines is 1. The molecule has 0 bridgehead atoms. The first-order chi connectivity index (χ1) is 9.83. The molecule has 0 saturated carbocycles. The van der Waals surface area contributed by atoms with Crippen molar-refractivity contribution in [3.63, 3.8) is 0 Å². The minimum atomic E-state index is -3.87. The van der Waals surface area contributed by atoms with Crippen LogP contribution >= 0.6 is 11.3 Å². The highest BCUT2D eigenvalue weighted by Crippen LogP contribution is 2.27. The Hall–Kier alpha value is -2.44. The second kappa shape index (κ2) is 5.51. The van der Waals surface area contributed by atoms with Gasteiger partial charge in [-0.15, -0.1) is 11.3 Å². The molecule has 0 radical (unpaired) electrons. The lowest BCUT2D eigenvalue weighted by Crippen LogP contribution is -2.12. The summed E-state index contributed by atoms with van der Waals surface area (Å²) in [7, 11) is -3.87. The van der Waals surface area contributed by atoms with E-state index in [1.807, 2.05) is 6.07 Å². The molecule has 1 N–H and O–H groups in total. The summed E-state index contributed by atoms with van der Waals surface area (Å²) >= 11 is 0.830. The molecular formula is C12H9N3O4S2. The molecular weight excluding hydrogens is 314 g/mol. The lowest BCUT2D eigenvalue weighted by atomic mass is 10.2. The fraction of sp³-hybridized carbons (Fsp3) is 0.0833. The zero-order valence-corrected chi connectivity index (χ0v) is 12.4. The number of nitro groups is 1. The maximum atomic E-state index is 12.2. The number of nitro benzene ring substituents is 1. The molecule has 0 saturated heterocycles. The monoisotopic (exact) mass is 323 g/mol. The average molecular weight is 323 g/mol. The van der Waals surface area contributed by atoms with Crippen molar-refractivity contribution in [1.29, 1.82) is 5.26 Å². The van der Waals surface area contributed by atoms with Crippen molar-refractivity contribution in [2.24, 2.45) is 0 Å². The number of thiophene rings is 1. The van der Waals surface area contributed by atoms with E-state index in [-0.39, 0.29) is 20.5 Å². The van der Waals surface area contributed by atoms with Crippen LogP contribution in [0, 0.1) is 28.4 Å². The van der Waals surface area contributed by atoms with E-state index in [1.54, 1.807) is 6.92 Å². The van der Waals surface area contributed by atoms with Gasteiger partial charge in [-0.25, -0.2) is 8.42 Å². The molecule has 9 heteroatoms. The Balaban J connectivity index is 2.39. The molecule has 1 aromatic heterocycles. The molecule has 0 unspecified atom stereocenters. The number of rotatable bonds is 4. The summed E-state index contributed by atoms with van der Waals surface area (Å²) in [5, 5.41) is 19.5. The first kappa shape index (κ1) is 15.0. The van der Waals surface area contributed by atoms with E-state index in [0.29, 0.717) is 5.56 Å². The highest BCUT2D eigenvalue weighted by atomic mass is 32.2. The molecule has 21 heavy (non-hydrogen) atoms. The maximum Gasteiger partial charge on any atom is 0.271 e. The zero-order chi connectivity index (χ0) is 15.6. The van der Waals surface area contributed by atoms with Crippen LogP contribution in [-0.2, 0) is 10.0 Å². The van der Waals surface area contributed by atoms with Crippen LogP contribution in [0.5, 0.6) is 0 Å². The van der Waals surface area contributed by atoms with Crippen molar-refractivity contribution < 1.29 is 13.3 Å². The number of sulfonamides is 1. The van der Waals surface area contributed by atoms with Crippen molar-refractivity contribution in [2.75, 3.05) is 4.72 Å². The maximum absolute atomic E-state index is 12.2. The Kier molecular flexibility index (Phi) is 3.93. The molecule has 2 rings (SSSR count). The summed E-state index contributed by atoms with van der Waals surface area (Å²) < 4.78 is 26.6. The first-order valence-corrected chi connectivity index (χ1v) is 7.91. The largest absolute Gasteiger partial charge is 0.278 e. The molecule has 0 aliphatic carbocycles. The summed E-state index contributed by atoms with van der Waals surface area (Å²) in [5.41, 5.74) is 0.486. The number of non-ortho nitro benzene ring substituents is 1. The number of hydrogen-bond acceptors (Lipinski definition) is 6. The highest BCUT2D eigenvalue weighted by molar-refractivity contribution is 7.94. The molecule has 7 nitrogen and oxygen atoms in total. The van der Waals surface area contributed by atoms with Crippen LogP contribution in [-0.4, -0.2) is 13.3 Å². The minimum Gasteiger partial charge on any atom is -0.278 e. The van der Waals surface area contributed by atoms with E-state index >= 15 is 0 Å². The van der Waals surface area contributed by atoms with Crippen LogP contribution in [0.25, 0.3) is 0 Å². The zero-order valence-electron chi connectivity index (χ0n) is 10.7. The van der Waals surface area contributed by atoms with E-state index in [1.165, 1.54) is 24.3 Å². The molecule has 0 atom stereocenters. The van der Waals surface area contributed by atoms with E-state index in [0.717, 1.165) is 17.4 Å². The second-order valence-corrected chi connectivity index (χ2v) is 7.09. The third kappa shape index (κ3) is 3.18. The van der Waals surface area contributed by atoms with Gasteiger partial charge in [0.1, 0.15) is 15.2 Å². The van der Waals surface area contributed by atoms with Crippen LogP contribution in [0.3, 0.4) is 0 Å². The highest BCUT2D eigenvalue weighted by Gasteiger charge is 2.19. The normalized spacial score (nSPS) is 10.9. The Morgan fingerprint density at radius 2 is 2.05 bits per heavy atom. The van der Waals surface area contributed by atoms with Gasteiger partial charge in [-0.1, -0.05) is 6.07 Å². The number of aryl methyl sites for hydroxylation is 1. The third-order valence-electron chi connectivity index (χ3n) is 2.63. The van der Waals surface area contributed by atoms with Gasteiger partial charge in [-0.2, -0.15) is 5.26 Å². The van der Waals surface area contributed by atoms with Gasteiger partial charge in [-0.05, 0) is 24.6 Å². The van der Waals surface area contributed by atoms with Crippen LogP contribution in [0.15, 0.2) is 34.5 Å². The molecule has 0 fully saturated rings.